The van der Waals surface area contributed by atoms with E-state index < -0.39 is 0 Å². The van der Waals surface area contributed by atoms with Crippen LogP contribution in [0.1, 0.15) is 42.1 Å². The van der Waals surface area contributed by atoms with Crippen LogP contribution in [-0.4, -0.2) is 44.8 Å². The molecular weight excluding hydrogens is 461 g/mol. The minimum Gasteiger partial charge on any atom is -0.516 e. The highest BCUT2D eigenvalue weighted by atomic mass is 32.2. The van der Waals surface area contributed by atoms with Gasteiger partial charge >= 0.3 is 0 Å². The van der Waals surface area contributed by atoms with E-state index in [-0.39, 0.29) is 12.3 Å². The van der Waals surface area contributed by atoms with Crippen molar-refractivity contribution >= 4 is 47.0 Å². The van der Waals surface area contributed by atoms with Gasteiger partial charge in [0, 0.05) is 60.5 Å². The van der Waals surface area contributed by atoms with Crippen LogP contribution in [0.15, 0.2) is 54.4 Å². The van der Waals surface area contributed by atoms with Crippen molar-refractivity contribution in [2.24, 2.45) is 4.99 Å². The maximum absolute atomic E-state index is 14.0. The van der Waals surface area contributed by atoms with Crippen LogP contribution in [0.4, 0.5) is 9.70 Å². The van der Waals surface area contributed by atoms with Gasteiger partial charge in [-0.3, -0.25) is 13.9 Å². The Morgan fingerprint density at radius 3 is 2.80 bits per heavy atom. The van der Waals surface area contributed by atoms with E-state index in [2.05, 4.69) is 46.5 Å². The van der Waals surface area contributed by atoms with Crippen molar-refractivity contribution in [3.63, 3.8) is 0 Å². The van der Waals surface area contributed by atoms with Crippen molar-refractivity contribution in [2.75, 3.05) is 18.9 Å². The quantitative estimate of drug-likeness (QED) is 0.220. The molecule has 1 aliphatic heterocycles. The zero-order valence-corrected chi connectivity index (χ0v) is 20.8. The third kappa shape index (κ3) is 5.94. The van der Waals surface area contributed by atoms with Gasteiger partial charge in [-0.2, -0.15) is 0 Å². The molecule has 2 N–H and O–H groups in total. The molecule has 1 unspecified atom stereocenters. The van der Waals surface area contributed by atoms with E-state index in [9.17, 15) is 3.89 Å². The fourth-order valence-corrected chi connectivity index (χ4v) is 4.73. The molecule has 0 amide bonds. The second-order valence-corrected chi connectivity index (χ2v) is 8.74. The smallest absolute Gasteiger partial charge is 0.170 e. The van der Waals surface area contributed by atoms with Gasteiger partial charge in [0.05, 0.1) is 11.8 Å². The Labute approximate surface area is 210 Å². The lowest BCUT2D eigenvalue weighted by Gasteiger charge is -2.20. The zero-order valence-electron chi connectivity index (χ0n) is 20.0. The average Bonchev–Trinajstić information content (AvgIpc) is 3.43. The van der Waals surface area contributed by atoms with Gasteiger partial charge in [-0.05, 0) is 55.6 Å². The molecule has 1 aromatic carbocycles. The summed E-state index contributed by atoms with van der Waals surface area (Å²) < 4.78 is 15.6. The van der Waals surface area contributed by atoms with Crippen LogP contribution in [0.25, 0.3) is 22.7 Å². The number of nitrogens with zero attached hydrogens (tertiary/aromatic N) is 4. The first-order chi connectivity index (χ1) is 17.0. The number of aliphatic imine (C=N–C) groups is 1. The SMILES string of the molecule is C#C.C=C(Nc1cc2c(cn1)cc(CN1CCCC1C)n2SF)c1ccc(/C=C/O)c(C=NC)c1. The minimum atomic E-state index is 0.224. The van der Waals surface area contributed by atoms with Crippen molar-refractivity contribution < 1.29 is 8.99 Å². The molecule has 8 heteroatoms. The summed E-state index contributed by atoms with van der Waals surface area (Å²) in [6, 6.07) is 10.1. The second-order valence-electron chi connectivity index (χ2n) is 8.24. The average molecular weight is 492 g/mol. The maximum atomic E-state index is 14.0. The predicted molar refractivity (Wildman–Crippen MR) is 147 cm³/mol. The Kier molecular flexibility index (Phi) is 9.12. The molecule has 2 aromatic heterocycles. The summed E-state index contributed by atoms with van der Waals surface area (Å²) in [5.74, 6) is 0.590. The molecule has 1 saturated heterocycles. The number of rotatable bonds is 8. The minimum absolute atomic E-state index is 0.224. The molecule has 182 valence electrons. The molecule has 0 saturated carbocycles. The molecule has 0 bridgehead atoms. The number of nitrogens with one attached hydrogen (secondary N) is 1. The van der Waals surface area contributed by atoms with E-state index in [1.165, 1.54) is 12.8 Å². The number of hydrogen-bond acceptors (Lipinski definition) is 6. The van der Waals surface area contributed by atoms with Crippen molar-refractivity contribution in [3.8, 4) is 12.8 Å². The Morgan fingerprint density at radius 1 is 1.34 bits per heavy atom. The normalized spacial score (nSPS) is 16.1. The molecule has 4 rings (SSSR count). The van der Waals surface area contributed by atoms with Gasteiger partial charge in [0.15, 0.2) is 12.3 Å². The maximum Gasteiger partial charge on any atom is 0.170 e. The summed E-state index contributed by atoms with van der Waals surface area (Å²) >= 11 is 0.224. The number of likely N-dealkylation sites (tertiary alicyclic amines) is 1. The largest absolute Gasteiger partial charge is 0.516 e. The second kappa shape index (κ2) is 12.2. The fourth-order valence-electron chi connectivity index (χ4n) is 4.30. The number of aliphatic hydroxyl groups excluding tert-OH is 1. The summed E-state index contributed by atoms with van der Waals surface area (Å²) in [4.78, 5) is 11.0. The fraction of sp³-hybridized carbons (Fsp3) is 0.259. The summed E-state index contributed by atoms with van der Waals surface area (Å²) in [5.41, 5.74) is 4.93. The van der Waals surface area contributed by atoms with Crippen LogP contribution in [0.2, 0.25) is 0 Å². The lowest BCUT2D eigenvalue weighted by atomic mass is 10.0. The Hall–Kier alpha value is -3.54. The number of aromatic nitrogens is 2. The predicted octanol–water partition coefficient (Wildman–Crippen LogP) is 6.31. The highest BCUT2D eigenvalue weighted by Crippen LogP contribution is 2.30. The third-order valence-electron chi connectivity index (χ3n) is 6.07. The lowest BCUT2D eigenvalue weighted by molar-refractivity contribution is 0.257. The van der Waals surface area contributed by atoms with Crippen molar-refractivity contribution in [2.45, 2.75) is 32.4 Å². The van der Waals surface area contributed by atoms with Gasteiger partial charge in [0.25, 0.3) is 0 Å². The molecule has 0 aliphatic carbocycles. The molecule has 35 heavy (non-hydrogen) atoms. The molecule has 3 heterocycles. The first kappa shape index (κ1) is 26.1. The van der Waals surface area contributed by atoms with E-state index in [4.69, 9.17) is 5.11 Å². The monoisotopic (exact) mass is 491 g/mol. The number of hydrogen-bond donors (Lipinski definition) is 2. The van der Waals surface area contributed by atoms with Gasteiger partial charge in [-0.25, -0.2) is 4.98 Å². The molecule has 6 nitrogen and oxygen atoms in total. The number of pyridine rings is 1. The van der Waals surface area contributed by atoms with E-state index >= 15 is 0 Å². The Balaban J connectivity index is 0.00000167. The molecule has 0 radical (unpaired) electrons. The van der Waals surface area contributed by atoms with E-state index in [0.717, 1.165) is 52.6 Å². The molecule has 1 fully saturated rings. The van der Waals surface area contributed by atoms with Crippen molar-refractivity contribution in [1.29, 1.82) is 0 Å². The van der Waals surface area contributed by atoms with Crippen molar-refractivity contribution in [3.05, 3.63) is 71.8 Å². The van der Waals surface area contributed by atoms with E-state index in [0.29, 0.717) is 17.6 Å². The van der Waals surface area contributed by atoms with Gasteiger partial charge < -0.3 is 10.4 Å². The summed E-state index contributed by atoms with van der Waals surface area (Å²) in [6.45, 7) is 8.14. The number of fused-ring (bicyclic) bond motifs is 1. The molecule has 3 aromatic rings. The van der Waals surface area contributed by atoms with Crippen LogP contribution in [0.5, 0.6) is 0 Å². The zero-order chi connectivity index (χ0) is 25.4. The number of terminal acetylenes is 1. The van der Waals surface area contributed by atoms with Gasteiger partial charge in [0.1, 0.15) is 5.82 Å². The molecule has 0 spiro atoms. The summed E-state index contributed by atoms with van der Waals surface area (Å²) in [7, 11) is 1.70. The van der Waals surface area contributed by atoms with E-state index in [1.807, 2.05) is 30.3 Å². The summed E-state index contributed by atoms with van der Waals surface area (Å²) in [5, 5.41) is 13.3. The van der Waals surface area contributed by atoms with Crippen LogP contribution < -0.4 is 5.32 Å². The Morgan fingerprint density at radius 2 is 2.14 bits per heavy atom. The van der Waals surface area contributed by atoms with Crippen LogP contribution in [0, 0.1) is 12.8 Å². The van der Waals surface area contributed by atoms with Gasteiger partial charge in [-0.1, -0.05) is 18.7 Å². The first-order valence-electron chi connectivity index (χ1n) is 11.2. The van der Waals surface area contributed by atoms with Gasteiger partial charge in [0.2, 0.25) is 0 Å². The molecule has 1 atom stereocenters. The highest BCUT2D eigenvalue weighted by molar-refractivity contribution is 7.93. The number of anilines is 1. The highest BCUT2D eigenvalue weighted by Gasteiger charge is 2.22. The number of benzene rings is 1. The Bertz CT molecular complexity index is 1260. The third-order valence-corrected chi connectivity index (χ3v) is 6.64. The summed E-state index contributed by atoms with van der Waals surface area (Å²) in [6.07, 6.45) is 16.5. The molecule has 1 aliphatic rings. The van der Waals surface area contributed by atoms with Crippen LogP contribution >= 0.6 is 12.3 Å². The van der Waals surface area contributed by atoms with E-state index in [1.54, 1.807) is 29.5 Å². The standard InChI is InChI=1S/C25H28FN5OS.C2H2/c1-17-5-4-9-30(17)16-23-12-22-15-28-25(13-24(22)31(23)33-26)29-18(2)20-7-6-19(8-10-32)21(11-20)14-27-3;1-2/h6-8,10-15,17,32H,2,4-5,9,16H2,1,3H3,(H,28,29);1-2H/b10-8+,27-14?;. The number of aliphatic hydroxyl groups is 1. The number of halogens is 1. The van der Waals surface area contributed by atoms with Crippen LogP contribution in [-0.2, 0) is 6.54 Å². The lowest BCUT2D eigenvalue weighted by Crippen LogP contribution is -2.26. The molecular formula is C27H30FN5OS. The van der Waals surface area contributed by atoms with Gasteiger partial charge in [-0.15, -0.1) is 16.7 Å². The first-order valence-corrected chi connectivity index (χ1v) is 11.9. The van der Waals surface area contributed by atoms with Crippen LogP contribution in [0.3, 0.4) is 0 Å². The topological polar surface area (TPSA) is 65.7 Å². The van der Waals surface area contributed by atoms with Crippen molar-refractivity contribution in [1.82, 2.24) is 13.9 Å².